The van der Waals surface area contributed by atoms with E-state index in [4.69, 9.17) is 17.6 Å². The Morgan fingerprint density at radius 3 is 3.17 bits per heavy atom. The number of hydrogen-bond donors (Lipinski definition) is 0. The van der Waals surface area contributed by atoms with E-state index >= 15 is 0 Å². The Morgan fingerprint density at radius 1 is 1.75 bits per heavy atom. The van der Waals surface area contributed by atoms with E-state index in [9.17, 15) is 0 Å². The highest BCUT2D eigenvalue weighted by atomic mass is 32.1. The topological polar surface area (TPSA) is 30.6 Å². The summed E-state index contributed by atoms with van der Waals surface area (Å²) >= 11 is 6.48. The predicted molar refractivity (Wildman–Crippen MR) is 50.0 cm³/mol. The molecule has 0 amide bonds. The highest BCUT2D eigenvalue weighted by Crippen LogP contribution is 2.03. The van der Waals surface area contributed by atoms with Gasteiger partial charge >= 0.3 is 4.96 Å². The van der Waals surface area contributed by atoms with Gasteiger partial charge < -0.3 is 5.41 Å². The number of thiazole rings is 1. The molecule has 2 aromatic rings. The molecule has 5 heteroatoms. The Bertz CT molecular complexity index is 559. The number of aryl methyl sites for hydroxylation is 1. The van der Waals surface area contributed by atoms with Gasteiger partial charge in [0.15, 0.2) is 9.17 Å². The van der Waals surface area contributed by atoms with Gasteiger partial charge in [-0.2, -0.15) is 4.40 Å². The molecular weight excluding hydrogens is 190 g/mol. The minimum Gasteiger partial charge on any atom is -0.760 e. The second-order valence-electron chi connectivity index (χ2n) is 2.41. The van der Waals surface area contributed by atoms with E-state index in [1.807, 2.05) is 28.4 Å². The first-order valence-corrected chi connectivity index (χ1v) is 4.53. The van der Waals surface area contributed by atoms with Gasteiger partial charge in [0, 0.05) is 0 Å². The van der Waals surface area contributed by atoms with Crippen LogP contribution in [-0.2, 0) is 7.05 Å². The molecule has 0 fully saturated rings. The van der Waals surface area contributed by atoms with E-state index in [0.29, 0.717) is 9.17 Å². The molecule has 2 rings (SSSR count). The number of fused-ring (bicyclic) bond motifs is 1. The second kappa shape index (κ2) is 2.48. The number of nitrogens with zero attached hydrogens (tertiary/aromatic N) is 3. The van der Waals surface area contributed by atoms with Crippen LogP contribution in [0.4, 0.5) is 0 Å². The fraction of sp³-hybridized carbons (Fsp3) is 0.143. The van der Waals surface area contributed by atoms with Crippen LogP contribution in [0.3, 0.4) is 0 Å². The fourth-order valence-corrected chi connectivity index (χ4v) is 2.31. The summed E-state index contributed by atoms with van der Waals surface area (Å²) in [6.45, 7) is 0. The maximum Gasteiger partial charge on any atom is 0.347 e. The Morgan fingerprint density at radius 2 is 2.50 bits per heavy atom. The Kier molecular flexibility index (Phi) is 1.58. The molecule has 0 unspecified atom stereocenters. The first-order valence-electron chi connectivity index (χ1n) is 3.30. The zero-order valence-corrected chi connectivity index (χ0v) is 7.95. The van der Waals surface area contributed by atoms with Crippen LogP contribution in [0.25, 0.3) is 10.4 Å². The highest BCUT2D eigenvalue weighted by molar-refractivity contribution is 7.73. The lowest BCUT2D eigenvalue weighted by Gasteiger charge is -1.75. The monoisotopic (exact) mass is 195 g/mol. The van der Waals surface area contributed by atoms with Crippen LogP contribution < -0.4 is 9.92 Å². The van der Waals surface area contributed by atoms with Crippen molar-refractivity contribution in [3.63, 3.8) is 0 Å². The maximum atomic E-state index is 8.77. The molecule has 0 aliphatic heterocycles. The van der Waals surface area contributed by atoms with E-state index in [0.717, 1.165) is 4.96 Å². The van der Waals surface area contributed by atoms with Crippen molar-refractivity contribution in [3.05, 3.63) is 27.0 Å². The third-order valence-corrected chi connectivity index (χ3v) is 3.16. The van der Waals surface area contributed by atoms with Gasteiger partial charge in [-0.1, -0.05) is 12.2 Å². The van der Waals surface area contributed by atoms with Crippen LogP contribution in [0.2, 0.25) is 0 Å². The third-order valence-electron chi connectivity index (χ3n) is 1.67. The Hall–Kier alpha value is -1.03. The van der Waals surface area contributed by atoms with Crippen LogP contribution in [0.5, 0.6) is 0 Å². The Labute approximate surface area is 77.7 Å². The highest BCUT2D eigenvalue weighted by Gasteiger charge is 2.10. The van der Waals surface area contributed by atoms with E-state index < -0.39 is 0 Å². The summed E-state index contributed by atoms with van der Waals surface area (Å²) in [4.78, 5) is 0.997. The largest absolute Gasteiger partial charge is 0.760 e. The van der Waals surface area contributed by atoms with Gasteiger partial charge in [0.05, 0.1) is 7.05 Å². The molecule has 60 valence electrons. The Balaban J connectivity index is 3.23. The average molecular weight is 195 g/mol. The molecular formula is C7H5N3S2. The first kappa shape index (κ1) is 7.61. The fourth-order valence-electron chi connectivity index (χ4n) is 1.08. The van der Waals surface area contributed by atoms with Crippen molar-refractivity contribution in [1.82, 2.24) is 4.40 Å². The van der Waals surface area contributed by atoms with Crippen LogP contribution in [0.15, 0.2) is 12.4 Å². The molecule has 2 heterocycles. The SMILES string of the molecule is C[n+]1ccn2c(=C=[N-])c(=S)sc21. The van der Waals surface area contributed by atoms with Crippen LogP contribution in [0.1, 0.15) is 0 Å². The standard InChI is InChI=1S/C7H5N3S2/c1-9-2-3-10-5(4-8)6(11)12-7(9)10/h2-3H,1H3. The minimum absolute atomic E-state index is 0.561. The van der Waals surface area contributed by atoms with Crippen molar-refractivity contribution >= 4 is 34.4 Å². The number of imidazole rings is 1. The molecule has 12 heavy (non-hydrogen) atoms. The van der Waals surface area contributed by atoms with Crippen molar-refractivity contribution in [2.75, 3.05) is 0 Å². The molecule has 0 N–H and O–H groups in total. The maximum absolute atomic E-state index is 8.77. The molecule has 3 nitrogen and oxygen atoms in total. The van der Waals surface area contributed by atoms with E-state index in [2.05, 4.69) is 5.87 Å². The molecule has 0 atom stereocenters. The van der Waals surface area contributed by atoms with Crippen molar-refractivity contribution in [2.24, 2.45) is 7.05 Å². The summed E-state index contributed by atoms with van der Waals surface area (Å²) in [6.07, 6.45) is 3.75. The van der Waals surface area contributed by atoms with Gasteiger partial charge in [-0.25, -0.2) is 10.4 Å². The average Bonchev–Trinajstić information content (AvgIpc) is 2.52. The number of rotatable bonds is 0. The van der Waals surface area contributed by atoms with E-state index in [1.54, 1.807) is 0 Å². The third kappa shape index (κ3) is 0.845. The van der Waals surface area contributed by atoms with Crippen LogP contribution >= 0.6 is 23.6 Å². The lowest BCUT2D eigenvalue weighted by Crippen LogP contribution is -2.24. The summed E-state index contributed by atoms with van der Waals surface area (Å²) in [6, 6.07) is 0. The van der Waals surface area contributed by atoms with E-state index in [-0.39, 0.29) is 0 Å². The van der Waals surface area contributed by atoms with Gasteiger partial charge in [0.2, 0.25) is 0 Å². The summed E-state index contributed by atoms with van der Waals surface area (Å²) < 4.78 is 4.41. The van der Waals surface area contributed by atoms with E-state index in [1.165, 1.54) is 11.3 Å². The van der Waals surface area contributed by atoms with Gasteiger partial charge in [0.1, 0.15) is 12.4 Å². The van der Waals surface area contributed by atoms with Gasteiger partial charge in [-0.3, -0.25) is 0 Å². The number of aromatic nitrogens is 2. The second-order valence-corrected chi connectivity index (χ2v) is 4.06. The molecule has 2 aromatic heterocycles. The summed E-state index contributed by atoms with van der Waals surface area (Å²) in [5.41, 5.74) is 0. The van der Waals surface area contributed by atoms with Crippen molar-refractivity contribution in [3.8, 4) is 0 Å². The lowest BCUT2D eigenvalue weighted by atomic mass is 10.7. The van der Waals surface area contributed by atoms with Crippen molar-refractivity contribution < 1.29 is 4.57 Å². The first-order chi connectivity index (χ1) is 5.74. The lowest BCUT2D eigenvalue weighted by molar-refractivity contribution is -0.642. The molecule has 0 saturated heterocycles. The van der Waals surface area contributed by atoms with Crippen LogP contribution in [-0.4, -0.2) is 10.3 Å². The summed E-state index contributed by atoms with van der Waals surface area (Å²) in [5.74, 6) is 2.09. The summed E-state index contributed by atoms with van der Waals surface area (Å²) in [7, 11) is 1.93. The molecule has 0 radical (unpaired) electrons. The van der Waals surface area contributed by atoms with Gasteiger partial charge in [-0.05, 0) is 11.3 Å². The predicted octanol–water partition coefficient (Wildman–Crippen LogP) is 0.184. The van der Waals surface area contributed by atoms with Gasteiger partial charge in [0.25, 0.3) is 0 Å². The van der Waals surface area contributed by atoms with Crippen molar-refractivity contribution in [2.45, 2.75) is 0 Å². The zero-order chi connectivity index (χ0) is 8.72. The normalized spacial score (nSPS) is 10.4. The van der Waals surface area contributed by atoms with Crippen LogP contribution in [0, 0.1) is 3.82 Å². The molecule has 0 aliphatic rings. The smallest absolute Gasteiger partial charge is 0.347 e. The zero-order valence-electron chi connectivity index (χ0n) is 6.31. The summed E-state index contributed by atoms with van der Waals surface area (Å²) in [5, 5.41) is 9.34. The minimum atomic E-state index is 0.561. The number of hydrogen-bond acceptors (Lipinski definition) is 2. The molecule has 0 aliphatic carbocycles. The molecule has 0 saturated carbocycles. The van der Waals surface area contributed by atoms with Crippen molar-refractivity contribution in [1.29, 1.82) is 0 Å². The quantitative estimate of drug-likeness (QED) is 0.335. The molecule has 0 aromatic carbocycles. The molecule has 0 spiro atoms. The van der Waals surface area contributed by atoms with Gasteiger partial charge in [-0.15, -0.1) is 0 Å². The molecule has 0 bridgehead atoms.